The van der Waals surface area contributed by atoms with Gasteiger partial charge < -0.3 is 10.0 Å². The van der Waals surface area contributed by atoms with Crippen LogP contribution in [-0.4, -0.2) is 28.9 Å². The average Bonchev–Trinajstić information content (AvgIpc) is 2.91. The van der Waals surface area contributed by atoms with E-state index < -0.39 is 12.7 Å². The molecule has 1 fully saturated rings. The molecule has 0 aromatic carbocycles. The fourth-order valence-corrected chi connectivity index (χ4v) is 2.28. The Morgan fingerprint density at radius 2 is 2.19 bits per heavy atom. The van der Waals surface area contributed by atoms with Gasteiger partial charge in [0.05, 0.1) is 11.5 Å². The second-order valence-corrected chi connectivity index (χ2v) is 4.84. The van der Waals surface area contributed by atoms with Gasteiger partial charge in [0, 0.05) is 12.2 Å². The first-order valence-electron chi connectivity index (χ1n) is 4.88. The number of rotatable bonds is 4. The van der Waals surface area contributed by atoms with E-state index >= 15 is 0 Å². The highest BCUT2D eigenvalue weighted by molar-refractivity contribution is 7.15. The Kier molecular flexibility index (Phi) is 3.07. The van der Waals surface area contributed by atoms with Crippen LogP contribution in [0.25, 0.3) is 0 Å². The first kappa shape index (κ1) is 11.7. The molecule has 0 spiro atoms. The summed E-state index contributed by atoms with van der Waals surface area (Å²) in [6, 6.07) is -0.0423. The quantitative estimate of drug-likeness (QED) is 0.892. The predicted molar refractivity (Wildman–Crippen MR) is 54.5 cm³/mol. The van der Waals surface area contributed by atoms with Crippen molar-refractivity contribution in [2.45, 2.75) is 31.7 Å². The molecule has 0 saturated heterocycles. The van der Waals surface area contributed by atoms with E-state index in [1.807, 2.05) is 0 Å². The van der Waals surface area contributed by atoms with Crippen molar-refractivity contribution in [3.8, 4) is 0 Å². The second-order valence-electron chi connectivity index (χ2n) is 3.74. The van der Waals surface area contributed by atoms with Crippen LogP contribution >= 0.6 is 11.3 Å². The van der Waals surface area contributed by atoms with Crippen molar-refractivity contribution in [3.63, 3.8) is 0 Å². The monoisotopic (exact) mass is 252 g/mol. The van der Waals surface area contributed by atoms with Crippen LogP contribution in [0.15, 0.2) is 6.20 Å². The molecular formula is C9H11F3N2OS. The molecule has 7 heteroatoms. The van der Waals surface area contributed by atoms with E-state index in [9.17, 15) is 13.2 Å². The van der Waals surface area contributed by atoms with Gasteiger partial charge in [-0.2, -0.15) is 13.2 Å². The lowest BCUT2D eigenvalue weighted by atomic mass is 10.5. The fourth-order valence-electron chi connectivity index (χ4n) is 1.44. The fraction of sp³-hybridized carbons (Fsp3) is 0.667. The normalized spacial score (nSPS) is 16.5. The van der Waals surface area contributed by atoms with Crippen LogP contribution in [0.4, 0.5) is 18.3 Å². The zero-order chi connectivity index (χ0) is 11.8. The topological polar surface area (TPSA) is 36.4 Å². The largest absolute Gasteiger partial charge is 0.406 e. The van der Waals surface area contributed by atoms with Gasteiger partial charge in [-0.3, -0.25) is 0 Å². The van der Waals surface area contributed by atoms with Crippen molar-refractivity contribution in [2.24, 2.45) is 0 Å². The first-order valence-corrected chi connectivity index (χ1v) is 5.70. The summed E-state index contributed by atoms with van der Waals surface area (Å²) in [5.41, 5.74) is 0. The predicted octanol–water partition coefficient (Wildman–Crippen LogP) is 2.17. The van der Waals surface area contributed by atoms with Gasteiger partial charge in [0.15, 0.2) is 5.13 Å². The third kappa shape index (κ3) is 2.85. The first-order chi connectivity index (χ1) is 7.49. The van der Waals surface area contributed by atoms with Crippen molar-refractivity contribution >= 4 is 16.5 Å². The molecule has 0 unspecified atom stereocenters. The minimum absolute atomic E-state index is 0.0423. The molecular weight excluding hydrogens is 241 g/mol. The van der Waals surface area contributed by atoms with Gasteiger partial charge >= 0.3 is 6.18 Å². The maximum absolute atomic E-state index is 12.4. The highest BCUT2D eigenvalue weighted by Gasteiger charge is 2.39. The van der Waals surface area contributed by atoms with E-state index in [0.29, 0.717) is 10.0 Å². The Bertz CT molecular complexity index is 362. The number of aromatic nitrogens is 1. The summed E-state index contributed by atoms with van der Waals surface area (Å²) in [6.45, 7) is -1.14. The minimum Gasteiger partial charge on any atom is -0.391 e. The summed E-state index contributed by atoms with van der Waals surface area (Å²) in [5.74, 6) is 0. The van der Waals surface area contributed by atoms with Crippen LogP contribution in [0.3, 0.4) is 0 Å². The van der Waals surface area contributed by atoms with E-state index in [4.69, 9.17) is 5.11 Å². The van der Waals surface area contributed by atoms with Crippen molar-refractivity contribution in [3.05, 3.63) is 11.1 Å². The molecule has 1 aliphatic carbocycles. The zero-order valence-corrected chi connectivity index (χ0v) is 9.18. The molecule has 2 rings (SSSR count). The lowest BCUT2D eigenvalue weighted by Gasteiger charge is -2.22. The molecule has 1 N–H and O–H groups in total. The van der Waals surface area contributed by atoms with Gasteiger partial charge in [-0.15, -0.1) is 0 Å². The van der Waals surface area contributed by atoms with Crippen LogP contribution in [0.2, 0.25) is 0 Å². The van der Waals surface area contributed by atoms with Crippen molar-refractivity contribution in [2.75, 3.05) is 11.4 Å². The smallest absolute Gasteiger partial charge is 0.391 e. The summed E-state index contributed by atoms with van der Waals surface area (Å²) < 4.78 is 37.1. The molecule has 0 bridgehead atoms. The minimum atomic E-state index is -4.21. The Balaban J connectivity index is 2.12. The highest BCUT2D eigenvalue weighted by atomic mass is 32.1. The molecule has 0 radical (unpaired) electrons. The number of hydrogen-bond acceptors (Lipinski definition) is 4. The maximum atomic E-state index is 12.4. The van der Waals surface area contributed by atoms with Crippen molar-refractivity contribution in [1.82, 2.24) is 4.98 Å². The lowest BCUT2D eigenvalue weighted by molar-refractivity contribution is -0.120. The number of hydrogen-bond donors (Lipinski definition) is 1. The third-order valence-corrected chi connectivity index (χ3v) is 3.30. The van der Waals surface area contributed by atoms with Gasteiger partial charge in [0.1, 0.15) is 6.54 Å². The van der Waals surface area contributed by atoms with Crippen LogP contribution in [0, 0.1) is 0 Å². The number of thiazole rings is 1. The molecule has 90 valence electrons. The second kappa shape index (κ2) is 4.21. The maximum Gasteiger partial charge on any atom is 0.406 e. The third-order valence-electron chi connectivity index (χ3n) is 2.28. The Morgan fingerprint density at radius 3 is 2.62 bits per heavy atom. The van der Waals surface area contributed by atoms with E-state index in [1.165, 1.54) is 11.1 Å². The van der Waals surface area contributed by atoms with E-state index in [1.54, 1.807) is 0 Å². The number of nitrogens with zero attached hydrogens (tertiary/aromatic N) is 2. The molecule has 1 aromatic rings. The van der Waals surface area contributed by atoms with Gasteiger partial charge in [-0.05, 0) is 12.8 Å². The van der Waals surface area contributed by atoms with Gasteiger partial charge in [-0.25, -0.2) is 4.98 Å². The summed E-state index contributed by atoms with van der Waals surface area (Å²) in [6.07, 6.45) is -1.23. The van der Waals surface area contributed by atoms with Crippen LogP contribution in [-0.2, 0) is 6.61 Å². The lowest BCUT2D eigenvalue weighted by Crippen LogP contribution is -2.35. The number of aliphatic hydroxyl groups is 1. The molecule has 0 amide bonds. The number of anilines is 1. The Labute approximate surface area is 94.5 Å². The van der Waals surface area contributed by atoms with Gasteiger partial charge in [0.25, 0.3) is 0 Å². The number of alkyl halides is 3. The molecule has 0 atom stereocenters. The summed E-state index contributed by atoms with van der Waals surface area (Å²) in [4.78, 5) is 5.78. The standard InChI is InChI=1S/C9H11F3N2OS/c10-9(11,12)5-14(6-1-2-6)8-13-3-7(4-15)16-8/h3,6,15H,1-2,4-5H2. The Morgan fingerprint density at radius 1 is 1.50 bits per heavy atom. The highest BCUT2D eigenvalue weighted by Crippen LogP contribution is 2.36. The molecule has 16 heavy (non-hydrogen) atoms. The number of aliphatic hydroxyl groups excluding tert-OH is 1. The van der Waals surface area contributed by atoms with Crippen LogP contribution < -0.4 is 4.90 Å². The van der Waals surface area contributed by atoms with E-state index in [0.717, 1.165) is 24.2 Å². The average molecular weight is 252 g/mol. The molecule has 0 aliphatic heterocycles. The zero-order valence-electron chi connectivity index (χ0n) is 8.37. The summed E-state index contributed by atoms with van der Waals surface area (Å²) in [5, 5.41) is 9.20. The molecule has 1 heterocycles. The van der Waals surface area contributed by atoms with Crippen molar-refractivity contribution < 1.29 is 18.3 Å². The van der Waals surface area contributed by atoms with Crippen LogP contribution in [0.5, 0.6) is 0 Å². The van der Waals surface area contributed by atoms with Gasteiger partial charge in [-0.1, -0.05) is 11.3 Å². The van der Waals surface area contributed by atoms with E-state index in [2.05, 4.69) is 4.98 Å². The molecule has 1 saturated carbocycles. The van der Waals surface area contributed by atoms with Crippen LogP contribution in [0.1, 0.15) is 17.7 Å². The SMILES string of the molecule is OCc1cnc(N(CC(F)(F)F)C2CC2)s1. The van der Waals surface area contributed by atoms with Crippen molar-refractivity contribution in [1.29, 1.82) is 0 Å². The molecule has 1 aliphatic rings. The van der Waals surface area contributed by atoms with Gasteiger partial charge in [0.2, 0.25) is 0 Å². The summed E-state index contributed by atoms with van der Waals surface area (Å²) in [7, 11) is 0. The number of halogens is 3. The Hall–Kier alpha value is -0.820. The molecule has 3 nitrogen and oxygen atoms in total. The molecule has 1 aromatic heterocycles. The van der Waals surface area contributed by atoms with E-state index in [-0.39, 0.29) is 12.6 Å². The summed E-state index contributed by atoms with van der Waals surface area (Å²) >= 11 is 1.11.